The van der Waals surface area contributed by atoms with Crippen molar-refractivity contribution >= 4 is 5.82 Å². The molecule has 1 aliphatic rings. The van der Waals surface area contributed by atoms with Crippen LogP contribution in [0.1, 0.15) is 26.2 Å². The topological polar surface area (TPSA) is 56.3 Å². The first-order valence-corrected chi connectivity index (χ1v) is 6.06. The molecule has 94 valence electrons. The second kappa shape index (κ2) is 5.82. The van der Waals surface area contributed by atoms with Crippen molar-refractivity contribution < 1.29 is 9.47 Å². The predicted octanol–water partition coefficient (Wildman–Crippen LogP) is 1.85. The quantitative estimate of drug-likeness (QED) is 0.847. The van der Waals surface area contributed by atoms with Gasteiger partial charge in [-0.2, -0.15) is 0 Å². The first-order valence-electron chi connectivity index (χ1n) is 6.06. The largest absolute Gasteiger partial charge is 0.478 e. The standard InChI is InChI=1S/C12H19N3O2/c1-3-17-12-7-11(13-8-14-12)15-9-4-5-10(6-9)16-2/h7-10H,3-6H2,1-2H3,(H,13,14,15). The minimum absolute atomic E-state index is 0.376. The van der Waals surface area contributed by atoms with Gasteiger partial charge in [-0.05, 0) is 26.2 Å². The first kappa shape index (κ1) is 12.1. The van der Waals surface area contributed by atoms with Gasteiger partial charge in [-0.1, -0.05) is 0 Å². The summed E-state index contributed by atoms with van der Waals surface area (Å²) in [5, 5.41) is 3.39. The third-order valence-electron chi connectivity index (χ3n) is 3.00. The minimum Gasteiger partial charge on any atom is -0.478 e. The maximum atomic E-state index is 5.34. The lowest BCUT2D eigenvalue weighted by Gasteiger charge is -2.13. The van der Waals surface area contributed by atoms with E-state index in [1.807, 2.05) is 13.0 Å². The molecule has 1 N–H and O–H groups in total. The highest BCUT2D eigenvalue weighted by molar-refractivity contribution is 5.38. The maximum absolute atomic E-state index is 5.34. The number of nitrogens with zero attached hydrogens (tertiary/aromatic N) is 2. The van der Waals surface area contributed by atoms with Crippen LogP contribution in [-0.4, -0.2) is 35.8 Å². The Balaban J connectivity index is 1.92. The number of aromatic nitrogens is 2. The van der Waals surface area contributed by atoms with Crippen LogP contribution >= 0.6 is 0 Å². The van der Waals surface area contributed by atoms with E-state index in [9.17, 15) is 0 Å². The summed E-state index contributed by atoms with van der Waals surface area (Å²) in [6.07, 6.45) is 5.16. The van der Waals surface area contributed by atoms with Crippen molar-refractivity contribution in [3.05, 3.63) is 12.4 Å². The van der Waals surface area contributed by atoms with Crippen molar-refractivity contribution in [3.8, 4) is 5.88 Å². The summed E-state index contributed by atoms with van der Waals surface area (Å²) in [5.41, 5.74) is 0. The van der Waals surface area contributed by atoms with Gasteiger partial charge in [0.25, 0.3) is 0 Å². The van der Waals surface area contributed by atoms with Crippen LogP contribution < -0.4 is 10.1 Å². The van der Waals surface area contributed by atoms with Gasteiger partial charge in [0.1, 0.15) is 12.1 Å². The molecule has 0 radical (unpaired) electrons. The van der Waals surface area contributed by atoms with E-state index in [4.69, 9.17) is 9.47 Å². The van der Waals surface area contributed by atoms with Gasteiger partial charge in [-0.15, -0.1) is 0 Å². The molecule has 2 rings (SSSR count). The van der Waals surface area contributed by atoms with Crippen molar-refractivity contribution in [2.45, 2.75) is 38.3 Å². The van der Waals surface area contributed by atoms with Gasteiger partial charge in [-0.25, -0.2) is 9.97 Å². The second-order valence-electron chi connectivity index (χ2n) is 4.19. The Kier molecular flexibility index (Phi) is 4.14. The molecule has 2 unspecified atom stereocenters. The summed E-state index contributed by atoms with van der Waals surface area (Å²) in [6.45, 7) is 2.56. The highest BCUT2D eigenvalue weighted by atomic mass is 16.5. The Hall–Kier alpha value is -1.36. The van der Waals surface area contributed by atoms with Crippen LogP contribution in [0.25, 0.3) is 0 Å². The molecule has 5 heteroatoms. The van der Waals surface area contributed by atoms with Crippen LogP contribution in [0.15, 0.2) is 12.4 Å². The first-order chi connectivity index (χ1) is 8.31. The van der Waals surface area contributed by atoms with Gasteiger partial charge >= 0.3 is 0 Å². The Morgan fingerprint density at radius 3 is 3.00 bits per heavy atom. The van der Waals surface area contributed by atoms with E-state index in [2.05, 4.69) is 15.3 Å². The Labute approximate surface area is 102 Å². The van der Waals surface area contributed by atoms with E-state index in [1.165, 1.54) is 6.33 Å². The zero-order valence-corrected chi connectivity index (χ0v) is 10.3. The predicted molar refractivity (Wildman–Crippen MR) is 65.3 cm³/mol. The molecule has 0 spiro atoms. The molecule has 1 fully saturated rings. The second-order valence-corrected chi connectivity index (χ2v) is 4.19. The molecule has 2 atom stereocenters. The van der Waals surface area contributed by atoms with Crippen LogP contribution in [0, 0.1) is 0 Å². The summed E-state index contributed by atoms with van der Waals surface area (Å²) in [5.74, 6) is 1.44. The van der Waals surface area contributed by atoms with E-state index >= 15 is 0 Å². The molecule has 0 amide bonds. The maximum Gasteiger partial charge on any atom is 0.218 e. The van der Waals surface area contributed by atoms with Crippen LogP contribution in [0.3, 0.4) is 0 Å². The molecule has 1 saturated carbocycles. The number of hydrogen-bond donors (Lipinski definition) is 1. The lowest BCUT2D eigenvalue weighted by atomic mass is 10.2. The molecule has 1 aliphatic carbocycles. The van der Waals surface area contributed by atoms with Gasteiger partial charge in [0.15, 0.2) is 0 Å². The molecule has 0 aliphatic heterocycles. The zero-order chi connectivity index (χ0) is 12.1. The minimum atomic E-state index is 0.376. The molecule has 17 heavy (non-hydrogen) atoms. The van der Waals surface area contributed by atoms with E-state index in [0.29, 0.717) is 24.6 Å². The zero-order valence-electron chi connectivity index (χ0n) is 10.3. The van der Waals surface area contributed by atoms with Gasteiger partial charge < -0.3 is 14.8 Å². The van der Waals surface area contributed by atoms with Gasteiger partial charge in [0, 0.05) is 19.2 Å². The Bertz CT molecular complexity index is 359. The number of methoxy groups -OCH3 is 1. The van der Waals surface area contributed by atoms with Crippen LogP contribution in [0.4, 0.5) is 5.82 Å². The molecular formula is C12H19N3O2. The van der Waals surface area contributed by atoms with Crippen LogP contribution in [0.2, 0.25) is 0 Å². The fourth-order valence-corrected chi connectivity index (χ4v) is 2.14. The molecule has 0 saturated heterocycles. The van der Waals surface area contributed by atoms with Crippen molar-refractivity contribution in [3.63, 3.8) is 0 Å². The van der Waals surface area contributed by atoms with E-state index in [-0.39, 0.29) is 0 Å². The molecule has 1 heterocycles. The lowest BCUT2D eigenvalue weighted by molar-refractivity contribution is 0.108. The Morgan fingerprint density at radius 1 is 1.41 bits per heavy atom. The van der Waals surface area contributed by atoms with Crippen LogP contribution in [0.5, 0.6) is 5.88 Å². The highest BCUT2D eigenvalue weighted by Gasteiger charge is 2.24. The average Bonchev–Trinajstić information content (AvgIpc) is 2.78. The summed E-state index contributed by atoms with van der Waals surface area (Å²) in [7, 11) is 1.77. The lowest BCUT2D eigenvalue weighted by Crippen LogP contribution is -2.18. The SMILES string of the molecule is CCOc1cc(NC2CCC(OC)C2)ncn1. The smallest absolute Gasteiger partial charge is 0.218 e. The number of anilines is 1. The monoisotopic (exact) mass is 237 g/mol. The summed E-state index contributed by atoms with van der Waals surface area (Å²) < 4.78 is 10.7. The van der Waals surface area contributed by atoms with Gasteiger partial charge in [-0.3, -0.25) is 0 Å². The number of rotatable bonds is 5. The summed E-state index contributed by atoms with van der Waals surface area (Å²) in [6, 6.07) is 2.27. The number of nitrogens with one attached hydrogen (secondary N) is 1. The fourth-order valence-electron chi connectivity index (χ4n) is 2.14. The normalized spacial score (nSPS) is 23.6. The molecular weight excluding hydrogens is 218 g/mol. The van der Waals surface area contributed by atoms with Crippen molar-refractivity contribution in [1.82, 2.24) is 9.97 Å². The third-order valence-corrected chi connectivity index (χ3v) is 3.00. The number of hydrogen-bond acceptors (Lipinski definition) is 5. The summed E-state index contributed by atoms with van der Waals surface area (Å²) in [4.78, 5) is 8.23. The van der Waals surface area contributed by atoms with Crippen molar-refractivity contribution in [2.24, 2.45) is 0 Å². The third kappa shape index (κ3) is 3.30. The molecule has 5 nitrogen and oxygen atoms in total. The van der Waals surface area contributed by atoms with E-state index < -0.39 is 0 Å². The molecule has 0 bridgehead atoms. The summed E-state index contributed by atoms with van der Waals surface area (Å²) >= 11 is 0. The van der Waals surface area contributed by atoms with Crippen LogP contribution in [-0.2, 0) is 4.74 Å². The van der Waals surface area contributed by atoms with E-state index in [0.717, 1.165) is 25.1 Å². The molecule has 0 aromatic carbocycles. The number of ether oxygens (including phenoxy) is 2. The molecule has 1 aromatic rings. The van der Waals surface area contributed by atoms with Gasteiger partial charge in [0.2, 0.25) is 5.88 Å². The highest BCUT2D eigenvalue weighted by Crippen LogP contribution is 2.24. The van der Waals surface area contributed by atoms with E-state index in [1.54, 1.807) is 7.11 Å². The average molecular weight is 237 g/mol. The molecule has 1 aromatic heterocycles. The Morgan fingerprint density at radius 2 is 2.29 bits per heavy atom. The van der Waals surface area contributed by atoms with Crippen molar-refractivity contribution in [2.75, 3.05) is 19.0 Å². The fraction of sp³-hybridized carbons (Fsp3) is 0.667. The van der Waals surface area contributed by atoms with Gasteiger partial charge in [0.05, 0.1) is 12.7 Å². The van der Waals surface area contributed by atoms with Crippen molar-refractivity contribution in [1.29, 1.82) is 0 Å².